The Labute approximate surface area is 223 Å². The van der Waals surface area contributed by atoms with Gasteiger partial charge in [0.15, 0.2) is 0 Å². The second kappa shape index (κ2) is 11.2. The van der Waals surface area contributed by atoms with Crippen LogP contribution >= 0.6 is 0 Å². The molecule has 1 spiro atoms. The molecule has 3 saturated heterocycles. The highest BCUT2D eigenvalue weighted by atomic mass is 19.3. The lowest BCUT2D eigenvalue weighted by molar-refractivity contribution is -0.0704. The molecule has 4 heterocycles. The highest BCUT2D eigenvalue weighted by Gasteiger charge is 2.40. The smallest absolute Gasteiger partial charge is 0.388 e. The van der Waals surface area contributed by atoms with Crippen molar-refractivity contribution in [3.63, 3.8) is 0 Å². The number of halogens is 2. The molecular formula is C29H38F2N4O3. The third-order valence-corrected chi connectivity index (χ3v) is 8.79. The zero-order valence-electron chi connectivity index (χ0n) is 21.9. The van der Waals surface area contributed by atoms with Gasteiger partial charge < -0.3 is 28.9 Å². The van der Waals surface area contributed by atoms with Gasteiger partial charge in [-0.1, -0.05) is 6.42 Å². The number of hydrogen-bond donors (Lipinski definition) is 0. The summed E-state index contributed by atoms with van der Waals surface area (Å²) >= 11 is 0. The fourth-order valence-corrected chi connectivity index (χ4v) is 6.30. The lowest BCUT2D eigenvalue weighted by Gasteiger charge is -2.48. The average Bonchev–Trinajstić information content (AvgIpc) is 2.90. The van der Waals surface area contributed by atoms with Crippen LogP contribution in [0.25, 0.3) is 0 Å². The lowest BCUT2D eigenvalue weighted by atomic mass is 9.89. The molecule has 2 aromatic rings. The van der Waals surface area contributed by atoms with Crippen molar-refractivity contribution < 1.29 is 23.0 Å². The van der Waals surface area contributed by atoms with Crippen LogP contribution in [-0.2, 0) is 4.74 Å². The first-order valence-corrected chi connectivity index (χ1v) is 14.1. The summed E-state index contributed by atoms with van der Waals surface area (Å²) in [5.41, 5.74) is 1.92. The lowest BCUT2D eigenvalue weighted by Crippen LogP contribution is -2.57. The Balaban J connectivity index is 0.988. The number of aromatic nitrogens is 1. The molecule has 206 valence electrons. The van der Waals surface area contributed by atoms with E-state index in [1.165, 1.54) is 31.0 Å². The Bertz CT molecular complexity index is 1030. The minimum atomic E-state index is -2.87. The number of rotatable bonds is 7. The Morgan fingerprint density at radius 1 is 0.868 bits per heavy atom. The Kier molecular flexibility index (Phi) is 7.56. The largest absolute Gasteiger partial charge is 0.490 e. The quantitative estimate of drug-likeness (QED) is 0.504. The van der Waals surface area contributed by atoms with Gasteiger partial charge >= 0.3 is 6.61 Å². The molecule has 1 aliphatic carbocycles. The minimum absolute atomic E-state index is 0.0641. The molecular weight excluding hydrogens is 490 g/mol. The molecule has 4 fully saturated rings. The van der Waals surface area contributed by atoms with Gasteiger partial charge in [-0.15, -0.1) is 0 Å². The van der Waals surface area contributed by atoms with E-state index in [1.807, 2.05) is 0 Å². The van der Waals surface area contributed by atoms with Crippen molar-refractivity contribution in [3.05, 3.63) is 42.6 Å². The second-order valence-electron chi connectivity index (χ2n) is 11.1. The Morgan fingerprint density at radius 3 is 2.24 bits per heavy atom. The summed E-state index contributed by atoms with van der Waals surface area (Å²) in [6.45, 7) is 3.47. The SMILES string of the molecule is FC(F)Oc1ccc(N2CCOC3(CCN(c4ccc(OC5CCN(C6CCC6)CC5)cc4)CC3)C2)cn1. The number of ether oxygens (including phenoxy) is 3. The molecule has 9 heteroatoms. The van der Waals surface area contributed by atoms with Crippen LogP contribution in [0.15, 0.2) is 42.6 Å². The molecule has 7 nitrogen and oxygen atoms in total. The number of hydrogen-bond acceptors (Lipinski definition) is 7. The van der Waals surface area contributed by atoms with E-state index < -0.39 is 6.61 Å². The van der Waals surface area contributed by atoms with Gasteiger partial charge in [0.05, 0.1) is 24.1 Å². The number of morpholine rings is 1. The minimum Gasteiger partial charge on any atom is -0.490 e. The summed E-state index contributed by atoms with van der Waals surface area (Å²) in [5, 5.41) is 0. The van der Waals surface area contributed by atoms with E-state index >= 15 is 0 Å². The van der Waals surface area contributed by atoms with Crippen molar-refractivity contribution in [1.82, 2.24) is 9.88 Å². The predicted molar refractivity (Wildman–Crippen MR) is 143 cm³/mol. The number of nitrogens with zero attached hydrogens (tertiary/aromatic N) is 4. The highest BCUT2D eigenvalue weighted by molar-refractivity contribution is 5.50. The first-order chi connectivity index (χ1) is 18.6. The van der Waals surface area contributed by atoms with E-state index in [9.17, 15) is 8.78 Å². The fourth-order valence-electron chi connectivity index (χ4n) is 6.30. The van der Waals surface area contributed by atoms with Crippen molar-refractivity contribution in [2.24, 2.45) is 0 Å². The molecule has 1 saturated carbocycles. The van der Waals surface area contributed by atoms with E-state index in [2.05, 4.69) is 48.7 Å². The van der Waals surface area contributed by atoms with Gasteiger partial charge in [-0.2, -0.15) is 8.78 Å². The normalized spacial score (nSPS) is 23.0. The van der Waals surface area contributed by atoms with Crippen LogP contribution in [0.3, 0.4) is 0 Å². The van der Waals surface area contributed by atoms with E-state index in [-0.39, 0.29) is 11.5 Å². The van der Waals surface area contributed by atoms with Crippen LogP contribution in [0.5, 0.6) is 11.6 Å². The number of anilines is 2. The Hall–Kier alpha value is -2.65. The van der Waals surface area contributed by atoms with Gasteiger partial charge in [0.1, 0.15) is 11.9 Å². The van der Waals surface area contributed by atoms with Crippen LogP contribution in [0.1, 0.15) is 44.9 Å². The highest BCUT2D eigenvalue weighted by Crippen LogP contribution is 2.35. The third-order valence-electron chi connectivity index (χ3n) is 8.79. The molecule has 4 aliphatic rings. The number of piperidine rings is 2. The van der Waals surface area contributed by atoms with E-state index in [4.69, 9.17) is 9.47 Å². The van der Waals surface area contributed by atoms with Crippen LogP contribution in [-0.4, -0.2) is 80.1 Å². The van der Waals surface area contributed by atoms with Gasteiger partial charge in [-0.3, -0.25) is 0 Å². The van der Waals surface area contributed by atoms with Crippen molar-refractivity contribution in [1.29, 1.82) is 0 Å². The standard InChI is InChI=1S/C29H38F2N4O3/c30-28(31)38-27-9-6-24(20-32-27)35-18-19-36-29(21-35)12-16-34(17-13-29)23-4-7-25(8-5-23)37-26-10-14-33(15-11-26)22-2-1-3-22/h4-9,20,22,26,28H,1-3,10-19,21H2. The zero-order chi connectivity index (χ0) is 26.0. The molecule has 0 N–H and O–H groups in total. The average molecular weight is 529 g/mol. The summed E-state index contributed by atoms with van der Waals surface area (Å²) in [7, 11) is 0. The maximum atomic E-state index is 12.4. The summed E-state index contributed by atoms with van der Waals surface area (Å²) in [6.07, 6.45) is 10.2. The van der Waals surface area contributed by atoms with Crippen LogP contribution in [0.2, 0.25) is 0 Å². The zero-order valence-corrected chi connectivity index (χ0v) is 21.9. The number of benzene rings is 1. The van der Waals surface area contributed by atoms with E-state index in [0.29, 0.717) is 12.7 Å². The first-order valence-electron chi connectivity index (χ1n) is 14.1. The van der Waals surface area contributed by atoms with Crippen LogP contribution in [0, 0.1) is 0 Å². The molecule has 0 radical (unpaired) electrons. The molecule has 0 amide bonds. The maximum Gasteiger partial charge on any atom is 0.388 e. The summed E-state index contributed by atoms with van der Waals surface area (Å²) in [6, 6.07) is 12.7. The van der Waals surface area contributed by atoms with Gasteiger partial charge in [-0.25, -0.2) is 4.98 Å². The van der Waals surface area contributed by atoms with E-state index in [0.717, 1.165) is 82.4 Å². The summed E-state index contributed by atoms with van der Waals surface area (Å²) in [5.74, 6) is 0.903. The van der Waals surface area contributed by atoms with Gasteiger partial charge in [0.2, 0.25) is 5.88 Å². The molecule has 1 aromatic carbocycles. The fraction of sp³-hybridized carbons (Fsp3) is 0.621. The first kappa shape index (κ1) is 25.6. The van der Waals surface area contributed by atoms with Crippen molar-refractivity contribution >= 4 is 11.4 Å². The molecule has 3 aliphatic heterocycles. The molecule has 6 rings (SSSR count). The summed E-state index contributed by atoms with van der Waals surface area (Å²) in [4.78, 5) is 11.4. The van der Waals surface area contributed by atoms with Crippen LogP contribution < -0.4 is 19.3 Å². The predicted octanol–water partition coefficient (Wildman–Crippen LogP) is 4.95. The van der Waals surface area contributed by atoms with Gasteiger partial charge in [0.25, 0.3) is 0 Å². The number of alkyl halides is 2. The molecule has 1 aromatic heterocycles. The molecule has 0 atom stereocenters. The molecule has 0 unspecified atom stereocenters. The Morgan fingerprint density at radius 2 is 1.61 bits per heavy atom. The second-order valence-corrected chi connectivity index (χ2v) is 11.1. The topological polar surface area (TPSA) is 50.3 Å². The van der Waals surface area contributed by atoms with Gasteiger partial charge in [0, 0.05) is 57.1 Å². The number of pyridine rings is 1. The van der Waals surface area contributed by atoms with Crippen molar-refractivity contribution in [3.8, 4) is 11.6 Å². The van der Waals surface area contributed by atoms with Crippen LogP contribution in [0.4, 0.5) is 20.2 Å². The third kappa shape index (κ3) is 5.83. The van der Waals surface area contributed by atoms with Crippen molar-refractivity contribution in [2.45, 2.75) is 69.3 Å². The van der Waals surface area contributed by atoms with Crippen molar-refractivity contribution in [2.75, 3.05) is 55.7 Å². The monoisotopic (exact) mass is 528 g/mol. The molecule has 38 heavy (non-hydrogen) atoms. The number of likely N-dealkylation sites (tertiary alicyclic amines) is 1. The maximum absolute atomic E-state index is 12.4. The van der Waals surface area contributed by atoms with Gasteiger partial charge in [-0.05, 0) is 68.9 Å². The summed E-state index contributed by atoms with van der Waals surface area (Å²) < 4.78 is 41.9. The van der Waals surface area contributed by atoms with E-state index in [1.54, 1.807) is 12.3 Å². The molecule has 0 bridgehead atoms.